The minimum atomic E-state index is -1.06. The Morgan fingerprint density at radius 2 is 1.94 bits per heavy atom. The molecule has 0 unspecified atom stereocenters. The minimum Gasteiger partial charge on any atom is -0.448 e. The maximum absolute atomic E-state index is 14.0. The Hall–Kier alpha value is -3.14. The first-order valence-corrected chi connectivity index (χ1v) is 10.1. The van der Waals surface area contributed by atoms with Gasteiger partial charge in [-0.05, 0) is 31.0 Å². The van der Waals surface area contributed by atoms with Gasteiger partial charge in [-0.3, -0.25) is 10.2 Å². The Bertz CT molecular complexity index is 1070. The molecule has 32 heavy (non-hydrogen) atoms. The van der Waals surface area contributed by atoms with E-state index in [1.165, 1.54) is 12.1 Å². The number of benzene rings is 2. The number of fused-ring (bicyclic) bond motifs is 1. The molecule has 170 valence electrons. The standard InChI is InChI=1S/C23H25F2N3O4/c1-28(12-17-7-4-8-20(24)22(17)25)18(10-19(30)13-29)14-32-23(31)27-21-9-15-5-2-3-6-16(15)11-26-21/h2-9,11,18-19,29-30H,10,12-14H2,1H3,(H,26,27,31)/t18-,19-/m1/s1. The summed E-state index contributed by atoms with van der Waals surface area (Å²) in [7, 11) is 1.63. The Labute approximate surface area is 184 Å². The number of carbonyl (C=O) groups is 1. The third kappa shape index (κ3) is 6.19. The van der Waals surface area contributed by atoms with Crippen molar-refractivity contribution >= 4 is 22.7 Å². The lowest BCUT2D eigenvalue weighted by Crippen LogP contribution is -2.40. The van der Waals surface area contributed by atoms with Crippen molar-refractivity contribution in [2.24, 2.45) is 0 Å². The van der Waals surface area contributed by atoms with E-state index in [4.69, 9.17) is 4.74 Å². The number of ether oxygens (including phenoxy) is 1. The monoisotopic (exact) mass is 445 g/mol. The van der Waals surface area contributed by atoms with E-state index in [0.29, 0.717) is 5.82 Å². The topological polar surface area (TPSA) is 94.9 Å². The van der Waals surface area contributed by atoms with E-state index in [1.807, 2.05) is 24.3 Å². The lowest BCUT2D eigenvalue weighted by molar-refractivity contribution is 0.0379. The summed E-state index contributed by atoms with van der Waals surface area (Å²) in [6.45, 7) is -0.612. The van der Waals surface area contributed by atoms with Gasteiger partial charge in [0, 0.05) is 29.7 Å². The van der Waals surface area contributed by atoms with E-state index in [1.54, 1.807) is 24.2 Å². The zero-order chi connectivity index (χ0) is 23.1. The van der Waals surface area contributed by atoms with Crippen LogP contribution in [0.2, 0.25) is 0 Å². The van der Waals surface area contributed by atoms with Crippen LogP contribution in [0, 0.1) is 11.6 Å². The average molecular weight is 445 g/mol. The molecule has 0 spiro atoms. The quantitative estimate of drug-likeness (QED) is 0.468. The molecular formula is C23H25F2N3O4. The van der Waals surface area contributed by atoms with Crippen LogP contribution in [0.3, 0.4) is 0 Å². The first kappa shape index (κ1) is 23.5. The molecule has 3 rings (SSSR count). The van der Waals surface area contributed by atoms with Crippen LogP contribution in [0.4, 0.5) is 19.4 Å². The van der Waals surface area contributed by atoms with E-state index < -0.39 is 36.5 Å². The largest absolute Gasteiger partial charge is 0.448 e. The van der Waals surface area contributed by atoms with Gasteiger partial charge in [-0.2, -0.15) is 0 Å². The van der Waals surface area contributed by atoms with Gasteiger partial charge in [-0.25, -0.2) is 18.6 Å². The zero-order valence-electron chi connectivity index (χ0n) is 17.5. The molecule has 3 N–H and O–H groups in total. The molecule has 3 aromatic rings. The van der Waals surface area contributed by atoms with Crippen molar-refractivity contribution in [2.45, 2.75) is 25.1 Å². The number of halogens is 2. The van der Waals surface area contributed by atoms with E-state index in [-0.39, 0.29) is 25.1 Å². The molecule has 1 aromatic heterocycles. The summed E-state index contributed by atoms with van der Waals surface area (Å²) in [6, 6.07) is 12.6. The van der Waals surface area contributed by atoms with Gasteiger partial charge in [0.15, 0.2) is 11.6 Å². The Kier molecular flexibility index (Phi) is 8.04. The van der Waals surface area contributed by atoms with Gasteiger partial charge in [0.25, 0.3) is 0 Å². The first-order chi connectivity index (χ1) is 15.4. The number of rotatable bonds is 9. The average Bonchev–Trinajstić information content (AvgIpc) is 2.79. The Balaban J connectivity index is 1.63. The Morgan fingerprint density at radius 1 is 1.19 bits per heavy atom. The molecule has 2 aromatic carbocycles. The van der Waals surface area contributed by atoms with Crippen molar-refractivity contribution in [3.8, 4) is 0 Å². The van der Waals surface area contributed by atoms with Gasteiger partial charge in [0.05, 0.1) is 12.7 Å². The smallest absolute Gasteiger partial charge is 0.412 e. The van der Waals surface area contributed by atoms with Crippen LogP contribution in [0.5, 0.6) is 0 Å². The highest BCUT2D eigenvalue weighted by molar-refractivity contribution is 5.89. The number of hydrogen-bond acceptors (Lipinski definition) is 6. The highest BCUT2D eigenvalue weighted by Gasteiger charge is 2.22. The SMILES string of the molecule is CN(Cc1cccc(F)c1F)[C@@H](COC(=O)Nc1cc2ccccc2cn1)C[C@@H](O)CO. The van der Waals surface area contributed by atoms with E-state index in [0.717, 1.165) is 16.8 Å². The molecular weight excluding hydrogens is 420 g/mol. The number of aliphatic hydroxyl groups excluding tert-OH is 2. The summed E-state index contributed by atoms with van der Waals surface area (Å²) in [5.41, 5.74) is 0.126. The number of anilines is 1. The molecule has 1 heterocycles. The molecule has 7 nitrogen and oxygen atoms in total. The van der Waals surface area contributed by atoms with Crippen molar-refractivity contribution < 1.29 is 28.5 Å². The van der Waals surface area contributed by atoms with Gasteiger partial charge in [0.2, 0.25) is 0 Å². The number of pyridine rings is 1. The maximum atomic E-state index is 14.0. The van der Waals surface area contributed by atoms with Crippen LogP contribution in [-0.4, -0.2) is 58.6 Å². The summed E-state index contributed by atoms with van der Waals surface area (Å²) in [5.74, 6) is -1.60. The van der Waals surface area contributed by atoms with Crippen molar-refractivity contribution in [2.75, 3.05) is 25.6 Å². The van der Waals surface area contributed by atoms with Crippen LogP contribution in [0.25, 0.3) is 10.8 Å². The van der Waals surface area contributed by atoms with Crippen molar-refractivity contribution in [3.05, 3.63) is 71.9 Å². The molecule has 0 saturated carbocycles. The molecule has 0 radical (unpaired) electrons. The number of amides is 1. The Morgan fingerprint density at radius 3 is 2.69 bits per heavy atom. The van der Waals surface area contributed by atoms with Crippen LogP contribution >= 0.6 is 0 Å². The van der Waals surface area contributed by atoms with Gasteiger partial charge >= 0.3 is 6.09 Å². The van der Waals surface area contributed by atoms with Gasteiger partial charge < -0.3 is 14.9 Å². The molecule has 0 fully saturated rings. The minimum absolute atomic E-state index is 0.0175. The second-order valence-electron chi connectivity index (χ2n) is 7.49. The predicted octanol–water partition coefficient (Wildman–Crippen LogP) is 3.31. The lowest BCUT2D eigenvalue weighted by Gasteiger charge is -2.29. The van der Waals surface area contributed by atoms with Crippen LogP contribution < -0.4 is 5.32 Å². The summed E-state index contributed by atoms with van der Waals surface area (Å²) >= 11 is 0. The van der Waals surface area contributed by atoms with Crippen LogP contribution in [-0.2, 0) is 11.3 Å². The fourth-order valence-corrected chi connectivity index (χ4v) is 3.30. The lowest BCUT2D eigenvalue weighted by atomic mass is 10.1. The third-order valence-electron chi connectivity index (χ3n) is 5.10. The third-order valence-corrected chi connectivity index (χ3v) is 5.10. The second kappa shape index (κ2) is 10.9. The summed E-state index contributed by atoms with van der Waals surface area (Å²) in [4.78, 5) is 18.1. The van der Waals surface area contributed by atoms with E-state index in [9.17, 15) is 23.8 Å². The second-order valence-corrected chi connectivity index (χ2v) is 7.49. The number of aliphatic hydroxyl groups is 2. The molecule has 0 aliphatic rings. The molecule has 0 bridgehead atoms. The van der Waals surface area contributed by atoms with Gasteiger partial charge in [-0.15, -0.1) is 0 Å². The summed E-state index contributed by atoms with van der Waals surface area (Å²) < 4.78 is 32.8. The fourth-order valence-electron chi connectivity index (χ4n) is 3.30. The van der Waals surface area contributed by atoms with Crippen LogP contribution in [0.1, 0.15) is 12.0 Å². The highest BCUT2D eigenvalue weighted by atomic mass is 19.2. The summed E-state index contributed by atoms with van der Waals surface area (Å²) in [5, 5.41) is 23.4. The molecule has 1 amide bonds. The van der Waals surface area contributed by atoms with Crippen molar-refractivity contribution in [3.63, 3.8) is 0 Å². The highest BCUT2D eigenvalue weighted by Crippen LogP contribution is 2.18. The van der Waals surface area contributed by atoms with Crippen LogP contribution in [0.15, 0.2) is 54.7 Å². The van der Waals surface area contributed by atoms with E-state index >= 15 is 0 Å². The molecule has 2 atom stereocenters. The normalized spacial score (nSPS) is 13.2. The fraction of sp³-hybridized carbons (Fsp3) is 0.304. The zero-order valence-corrected chi connectivity index (χ0v) is 17.5. The van der Waals surface area contributed by atoms with Crippen molar-refractivity contribution in [1.82, 2.24) is 9.88 Å². The number of carbonyl (C=O) groups excluding carboxylic acids is 1. The van der Waals surface area contributed by atoms with Gasteiger partial charge in [0.1, 0.15) is 12.4 Å². The maximum Gasteiger partial charge on any atom is 0.412 e. The number of aromatic nitrogens is 1. The number of nitrogens with one attached hydrogen (secondary N) is 1. The number of nitrogens with zero attached hydrogens (tertiary/aromatic N) is 2. The molecule has 0 aliphatic carbocycles. The van der Waals surface area contributed by atoms with Gasteiger partial charge in [-0.1, -0.05) is 36.4 Å². The predicted molar refractivity (Wildman–Crippen MR) is 116 cm³/mol. The number of likely N-dealkylation sites (N-methyl/N-ethyl adjacent to an activating group) is 1. The molecule has 0 aliphatic heterocycles. The molecule has 0 saturated heterocycles. The summed E-state index contributed by atoms with van der Waals surface area (Å²) in [6.07, 6.45) is -0.117. The molecule has 9 heteroatoms. The van der Waals surface area contributed by atoms with E-state index in [2.05, 4.69) is 10.3 Å². The van der Waals surface area contributed by atoms with Crippen molar-refractivity contribution in [1.29, 1.82) is 0 Å². The first-order valence-electron chi connectivity index (χ1n) is 10.1. The number of hydrogen-bond donors (Lipinski definition) is 3.